The Labute approximate surface area is 112 Å². The van der Waals surface area contributed by atoms with Gasteiger partial charge in [0.2, 0.25) is 0 Å². The van der Waals surface area contributed by atoms with E-state index in [1.54, 1.807) is 12.1 Å². The largest absolute Gasteiger partial charge is 0.493 e. The molecular weight excluding hydrogens is 243 g/mol. The maximum absolute atomic E-state index is 12.8. The second-order valence-corrected chi connectivity index (χ2v) is 4.56. The molecule has 2 aromatic rings. The second kappa shape index (κ2) is 6.34. The Morgan fingerprint density at radius 2 is 1.68 bits per heavy atom. The number of hydrogen-bond donors (Lipinski definition) is 1. The fourth-order valence-corrected chi connectivity index (χ4v) is 1.82. The maximum Gasteiger partial charge on any atom is 0.123 e. The van der Waals surface area contributed by atoms with Gasteiger partial charge in [0.15, 0.2) is 0 Å². The van der Waals surface area contributed by atoms with E-state index in [0.717, 1.165) is 11.3 Å². The lowest BCUT2D eigenvalue weighted by molar-refractivity contribution is 0.205. The molecule has 1 atom stereocenters. The van der Waals surface area contributed by atoms with Gasteiger partial charge >= 0.3 is 0 Å². The SMILES string of the molecule is Cc1ccc(OCC(CO)c2ccc(F)cc2)cc1. The lowest BCUT2D eigenvalue weighted by atomic mass is 10.0. The summed E-state index contributed by atoms with van der Waals surface area (Å²) in [4.78, 5) is 0. The third kappa shape index (κ3) is 3.80. The molecule has 2 aromatic carbocycles. The van der Waals surface area contributed by atoms with Gasteiger partial charge in [0, 0.05) is 5.92 Å². The first kappa shape index (κ1) is 13.6. The zero-order valence-electron chi connectivity index (χ0n) is 10.8. The van der Waals surface area contributed by atoms with Crippen molar-refractivity contribution in [2.75, 3.05) is 13.2 Å². The molecule has 1 N–H and O–H groups in total. The van der Waals surface area contributed by atoms with Crippen LogP contribution in [0.15, 0.2) is 48.5 Å². The van der Waals surface area contributed by atoms with Crippen molar-refractivity contribution in [1.29, 1.82) is 0 Å². The fraction of sp³-hybridized carbons (Fsp3) is 0.250. The van der Waals surface area contributed by atoms with Crippen molar-refractivity contribution in [2.24, 2.45) is 0 Å². The Morgan fingerprint density at radius 1 is 1.05 bits per heavy atom. The van der Waals surface area contributed by atoms with E-state index in [4.69, 9.17) is 4.74 Å². The molecule has 3 heteroatoms. The number of rotatable bonds is 5. The molecule has 0 saturated carbocycles. The van der Waals surface area contributed by atoms with Crippen molar-refractivity contribution in [3.05, 3.63) is 65.5 Å². The minimum atomic E-state index is -0.278. The topological polar surface area (TPSA) is 29.5 Å². The number of aliphatic hydroxyl groups excluding tert-OH is 1. The van der Waals surface area contributed by atoms with E-state index in [1.165, 1.54) is 17.7 Å². The summed E-state index contributed by atoms with van der Waals surface area (Å²) >= 11 is 0. The van der Waals surface area contributed by atoms with Crippen molar-refractivity contribution in [1.82, 2.24) is 0 Å². The van der Waals surface area contributed by atoms with Crippen LogP contribution in [-0.2, 0) is 0 Å². The zero-order chi connectivity index (χ0) is 13.7. The second-order valence-electron chi connectivity index (χ2n) is 4.56. The highest BCUT2D eigenvalue weighted by Gasteiger charge is 2.11. The van der Waals surface area contributed by atoms with Gasteiger partial charge in [-0.25, -0.2) is 4.39 Å². The van der Waals surface area contributed by atoms with Gasteiger partial charge in [0.25, 0.3) is 0 Å². The minimum absolute atomic E-state index is 0.0303. The van der Waals surface area contributed by atoms with Crippen LogP contribution in [0.2, 0.25) is 0 Å². The molecule has 0 aliphatic carbocycles. The highest BCUT2D eigenvalue weighted by molar-refractivity contribution is 5.27. The van der Waals surface area contributed by atoms with Gasteiger partial charge in [0.1, 0.15) is 11.6 Å². The number of hydrogen-bond acceptors (Lipinski definition) is 2. The summed E-state index contributed by atoms with van der Waals surface area (Å²) < 4.78 is 18.5. The summed E-state index contributed by atoms with van der Waals surface area (Å²) in [5.41, 5.74) is 2.04. The van der Waals surface area contributed by atoms with Crippen LogP contribution >= 0.6 is 0 Å². The van der Waals surface area contributed by atoms with E-state index < -0.39 is 0 Å². The minimum Gasteiger partial charge on any atom is -0.493 e. The molecule has 0 bridgehead atoms. The molecule has 0 aromatic heterocycles. The summed E-state index contributed by atoms with van der Waals surface area (Å²) in [6, 6.07) is 13.9. The van der Waals surface area contributed by atoms with Gasteiger partial charge in [-0.05, 0) is 36.8 Å². The van der Waals surface area contributed by atoms with E-state index in [1.807, 2.05) is 31.2 Å². The predicted octanol–water partition coefficient (Wildman–Crippen LogP) is 3.29. The Balaban J connectivity index is 1.99. The molecule has 100 valence electrons. The molecule has 1 unspecified atom stereocenters. The Hall–Kier alpha value is -1.87. The number of aryl methyl sites for hydroxylation is 1. The summed E-state index contributed by atoms with van der Waals surface area (Å²) in [5.74, 6) is 0.341. The molecule has 2 rings (SSSR count). The highest BCUT2D eigenvalue weighted by Crippen LogP contribution is 2.19. The van der Waals surface area contributed by atoms with Crippen LogP contribution in [0.3, 0.4) is 0 Å². The van der Waals surface area contributed by atoms with Crippen molar-refractivity contribution in [3.63, 3.8) is 0 Å². The molecule has 0 spiro atoms. The zero-order valence-corrected chi connectivity index (χ0v) is 10.8. The van der Waals surface area contributed by atoms with E-state index in [9.17, 15) is 9.50 Å². The highest BCUT2D eigenvalue weighted by atomic mass is 19.1. The van der Waals surface area contributed by atoms with Gasteiger partial charge in [-0.3, -0.25) is 0 Å². The number of halogens is 1. The number of aliphatic hydroxyl groups is 1. The molecule has 0 fully saturated rings. The number of benzene rings is 2. The molecule has 0 saturated heterocycles. The van der Waals surface area contributed by atoms with Gasteiger partial charge in [-0.15, -0.1) is 0 Å². The van der Waals surface area contributed by atoms with E-state index in [2.05, 4.69) is 0 Å². The summed E-state index contributed by atoms with van der Waals surface area (Å²) in [6.07, 6.45) is 0. The molecule has 0 amide bonds. The average molecular weight is 260 g/mol. The molecule has 19 heavy (non-hydrogen) atoms. The lowest BCUT2D eigenvalue weighted by Crippen LogP contribution is -2.14. The predicted molar refractivity (Wildman–Crippen MR) is 72.9 cm³/mol. The van der Waals surface area contributed by atoms with E-state index >= 15 is 0 Å². The van der Waals surface area contributed by atoms with Crippen molar-refractivity contribution >= 4 is 0 Å². The average Bonchev–Trinajstić information content (AvgIpc) is 2.43. The molecule has 0 heterocycles. The third-order valence-electron chi connectivity index (χ3n) is 3.03. The van der Waals surface area contributed by atoms with Crippen LogP contribution in [-0.4, -0.2) is 18.3 Å². The first-order chi connectivity index (χ1) is 9.19. The van der Waals surface area contributed by atoms with Crippen LogP contribution in [0.4, 0.5) is 4.39 Å². The fourth-order valence-electron chi connectivity index (χ4n) is 1.82. The molecule has 0 aliphatic heterocycles. The van der Waals surface area contributed by atoms with Gasteiger partial charge in [-0.1, -0.05) is 29.8 Å². The van der Waals surface area contributed by atoms with Gasteiger partial charge < -0.3 is 9.84 Å². The van der Waals surface area contributed by atoms with E-state index in [-0.39, 0.29) is 18.3 Å². The monoisotopic (exact) mass is 260 g/mol. The summed E-state index contributed by atoms with van der Waals surface area (Å²) in [7, 11) is 0. The number of ether oxygens (including phenoxy) is 1. The quantitative estimate of drug-likeness (QED) is 0.894. The van der Waals surface area contributed by atoms with Crippen LogP contribution in [0.1, 0.15) is 17.0 Å². The molecule has 0 aliphatic rings. The van der Waals surface area contributed by atoms with Crippen LogP contribution < -0.4 is 4.74 Å². The third-order valence-corrected chi connectivity index (χ3v) is 3.03. The first-order valence-electron chi connectivity index (χ1n) is 6.25. The first-order valence-corrected chi connectivity index (χ1v) is 6.25. The van der Waals surface area contributed by atoms with Crippen molar-refractivity contribution < 1.29 is 14.2 Å². The smallest absolute Gasteiger partial charge is 0.123 e. The summed E-state index contributed by atoms with van der Waals surface area (Å²) in [6.45, 7) is 2.35. The van der Waals surface area contributed by atoms with Crippen LogP contribution in [0.25, 0.3) is 0 Å². The standard InChI is InChI=1S/C16H17FO2/c1-12-2-8-16(9-3-12)19-11-14(10-18)13-4-6-15(17)7-5-13/h2-9,14,18H,10-11H2,1H3. The van der Waals surface area contributed by atoms with Gasteiger partial charge in [-0.2, -0.15) is 0 Å². The van der Waals surface area contributed by atoms with Crippen LogP contribution in [0, 0.1) is 12.7 Å². The molecule has 0 radical (unpaired) electrons. The Morgan fingerprint density at radius 3 is 2.26 bits per heavy atom. The van der Waals surface area contributed by atoms with Gasteiger partial charge in [0.05, 0.1) is 13.2 Å². The lowest BCUT2D eigenvalue weighted by Gasteiger charge is -2.16. The maximum atomic E-state index is 12.8. The molecule has 2 nitrogen and oxygen atoms in total. The van der Waals surface area contributed by atoms with Crippen molar-refractivity contribution in [2.45, 2.75) is 12.8 Å². The van der Waals surface area contributed by atoms with Crippen LogP contribution in [0.5, 0.6) is 5.75 Å². The molecular formula is C16H17FO2. The summed E-state index contributed by atoms with van der Waals surface area (Å²) in [5, 5.41) is 9.40. The Bertz CT molecular complexity index is 505. The van der Waals surface area contributed by atoms with Crippen molar-refractivity contribution in [3.8, 4) is 5.75 Å². The normalized spacial score (nSPS) is 12.2. The Kier molecular flexibility index (Phi) is 4.53. The van der Waals surface area contributed by atoms with E-state index in [0.29, 0.717) is 6.61 Å².